The summed E-state index contributed by atoms with van der Waals surface area (Å²) in [5, 5.41) is 0. The summed E-state index contributed by atoms with van der Waals surface area (Å²) in [6.45, 7) is 3.97. The minimum atomic E-state index is -0.501. The Morgan fingerprint density at radius 1 is 1.43 bits per heavy atom. The van der Waals surface area contributed by atoms with Crippen LogP contribution in [0.15, 0.2) is 30.5 Å². The topological polar surface area (TPSA) is 55.3 Å². The van der Waals surface area contributed by atoms with Crippen LogP contribution in [0, 0.1) is 12.7 Å². The summed E-state index contributed by atoms with van der Waals surface area (Å²) in [4.78, 5) is 21.1. The Hall–Kier alpha value is -2.50. The third kappa shape index (κ3) is 3.16. The first-order valence-electron chi connectivity index (χ1n) is 6.52. The Kier molecular flexibility index (Phi) is 4.47. The first-order chi connectivity index (χ1) is 10.1. The number of rotatable bonds is 3. The van der Waals surface area contributed by atoms with Gasteiger partial charge in [-0.2, -0.15) is 0 Å². The first-order valence-corrected chi connectivity index (χ1v) is 6.52. The Morgan fingerprint density at radius 2 is 2.19 bits per heavy atom. The lowest BCUT2D eigenvalue weighted by Gasteiger charge is -2.19. The maximum atomic E-state index is 13.9. The van der Waals surface area contributed by atoms with Crippen LogP contribution in [0.25, 0.3) is 11.3 Å². The zero-order valence-corrected chi connectivity index (χ0v) is 12.1. The quantitative estimate of drug-likeness (QED) is 0.870. The molecule has 0 aliphatic carbocycles. The van der Waals surface area contributed by atoms with E-state index in [2.05, 4.69) is 9.97 Å². The molecule has 0 N–H and O–H groups in total. The molecule has 0 aliphatic heterocycles. The zero-order chi connectivity index (χ0) is 15.4. The molecule has 0 aliphatic rings. The molecule has 2 rings (SSSR count). The van der Waals surface area contributed by atoms with Gasteiger partial charge < -0.3 is 4.74 Å². The molecule has 0 saturated heterocycles. The van der Waals surface area contributed by atoms with E-state index < -0.39 is 11.9 Å². The number of carbonyl (C=O) groups excluding carboxylic acids is 1. The maximum Gasteiger partial charge on any atom is 0.413 e. The van der Waals surface area contributed by atoms with Crippen molar-refractivity contribution in [1.29, 1.82) is 0 Å². The molecule has 0 radical (unpaired) electrons. The number of carbonyl (C=O) groups is 1. The van der Waals surface area contributed by atoms with E-state index >= 15 is 0 Å². The molecule has 1 aromatic carbocycles. The van der Waals surface area contributed by atoms with Crippen molar-refractivity contribution in [2.75, 3.05) is 18.6 Å². The van der Waals surface area contributed by atoms with Crippen molar-refractivity contribution < 1.29 is 13.9 Å². The summed E-state index contributed by atoms with van der Waals surface area (Å²) in [6, 6.07) is 6.94. The van der Waals surface area contributed by atoms with E-state index in [1.54, 1.807) is 31.2 Å². The van der Waals surface area contributed by atoms with Crippen LogP contribution < -0.4 is 4.90 Å². The molecule has 2 aromatic rings. The minimum absolute atomic E-state index is 0.213. The molecule has 5 nitrogen and oxygen atoms in total. The third-order valence-corrected chi connectivity index (χ3v) is 3.01. The van der Waals surface area contributed by atoms with E-state index in [9.17, 15) is 9.18 Å². The fourth-order valence-electron chi connectivity index (χ4n) is 2.01. The number of benzene rings is 1. The number of nitrogens with zero attached hydrogens (tertiary/aromatic N) is 3. The molecule has 6 heteroatoms. The molecular weight excluding hydrogens is 273 g/mol. The van der Waals surface area contributed by atoms with Gasteiger partial charge >= 0.3 is 6.09 Å². The number of hydrogen-bond acceptors (Lipinski definition) is 4. The first kappa shape index (κ1) is 14.9. The van der Waals surface area contributed by atoms with Crippen molar-refractivity contribution in [3.05, 3.63) is 42.1 Å². The summed E-state index contributed by atoms with van der Waals surface area (Å²) < 4.78 is 18.6. The summed E-state index contributed by atoms with van der Waals surface area (Å²) >= 11 is 0. The fraction of sp³-hybridized carbons (Fsp3) is 0.267. The van der Waals surface area contributed by atoms with Crippen molar-refractivity contribution >= 4 is 11.8 Å². The van der Waals surface area contributed by atoms with Crippen molar-refractivity contribution in [2.45, 2.75) is 13.8 Å². The van der Waals surface area contributed by atoms with Crippen LogP contribution in [0.5, 0.6) is 0 Å². The molecule has 1 amide bonds. The predicted molar refractivity (Wildman–Crippen MR) is 77.6 cm³/mol. The molecule has 1 aromatic heterocycles. The fourth-order valence-corrected chi connectivity index (χ4v) is 2.01. The van der Waals surface area contributed by atoms with E-state index in [1.165, 1.54) is 12.0 Å². The van der Waals surface area contributed by atoms with Gasteiger partial charge in [0.05, 0.1) is 13.3 Å². The molecule has 0 atom stereocenters. The minimum Gasteiger partial charge on any atom is -0.452 e. The monoisotopic (exact) mass is 289 g/mol. The van der Waals surface area contributed by atoms with Crippen LogP contribution >= 0.6 is 0 Å². The lowest BCUT2D eigenvalue weighted by Crippen LogP contribution is -2.30. The van der Waals surface area contributed by atoms with Gasteiger partial charge in [-0.3, -0.25) is 4.90 Å². The Balaban J connectivity index is 2.46. The molecule has 0 spiro atoms. The van der Waals surface area contributed by atoms with Gasteiger partial charge in [0, 0.05) is 17.8 Å². The van der Waals surface area contributed by atoms with Gasteiger partial charge in [-0.15, -0.1) is 0 Å². The van der Waals surface area contributed by atoms with Crippen LogP contribution in [0.1, 0.15) is 12.7 Å². The van der Waals surface area contributed by atoms with Gasteiger partial charge in [0.2, 0.25) is 0 Å². The highest BCUT2D eigenvalue weighted by molar-refractivity contribution is 5.88. The number of amides is 1. The average molecular weight is 289 g/mol. The number of halogens is 1. The normalized spacial score (nSPS) is 10.3. The summed E-state index contributed by atoms with van der Waals surface area (Å²) in [5.41, 5.74) is 1.42. The zero-order valence-electron chi connectivity index (χ0n) is 12.1. The average Bonchev–Trinajstić information content (AvgIpc) is 2.50. The molecule has 0 unspecified atom stereocenters. The highest BCUT2D eigenvalue weighted by atomic mass is 19.1. The molecule has 21 heavy (non-hydrogen) atoms. The number of aryl methyl sites for hydroxylation is 1. The standard InChI is InChI=1S/C15H16FN3O2/c1-4-19(15(20)21-3)12-7-5-6-11(8-12)14-13(16)9-17-10(2)18-14/h5-9H,4H2,1-3H3. The lowest BCUT2D eigenvalue weighted by molar-refractivity contribution is 0.179. The lowest BCUT2D eigenvalue weighted by atomic mass is 10.1. The van der Waals surface area contributed by atoms with E-state index in [0.717, 1.165) is 6.20 Å². The van der Waals surface area contributed by atoms with Gasteiger partial charge in [-0.1, -0.05) is 12.1 Å². The van der Waals surface area contributed by atoms with E-state index in [-0.39, 0.29) is 5.69 Å². The number of ether oxygens (including phenoxy) is 1. The SMILES string of the molecule is CCN(C(=O)OC)c1cccc(-c2nc(C)ncc2F)c1. The second kappa shape index (κ2) is 6.30. The largest absolute Gasteiger partial charge is 0.452 e. The van der Waals surface area contributed by atoms with E-state index in [0.29, 0.717) is 23.6 Å². The van der Waals surface area contributed by atoms with Gasteiger partial charge in [0.1, 0.15) is 11.5 Å². The molecule has 1 heterocycles. The number of methoxy groups -OCH3 is 1. The summed E-state index contributed by atoms with van der Waals surface area (Å²) in [6.07, 6.45) is 0.677. The van der Waals surface area contributed by atoms with E-state index in [1.807, 2.05) is 6.92 Å². The number of hydrogen-bond donors (Lipinski definition) is 0. The Morgan fingerprint density at radius 3 is 2.86 bits per heavy atom. The summed E-state index contributed by atoms with van der Waals surface area (Å²) in [7, 11) is 1.32. The van der Waals surface area contributed by atoms with Crippen molar-refractivity contribution in [3.8, 4) is 11.3 Å². The number of aromatic nitrogens is 2. The molecule has 0 saturated carbocycles. The van der Waals surface area contributed by atoms with Gasteiger partial charge in [-0.05, 0) is 26.0 Å². The van der Waals surface area contributed by atoms with Crippen LogP contribution in [-0.4, -0.2) is 29.7 Å². The molecular formula is C15H16FN3O2. The van der Waals surface area contributed by atoms with Gasteiger partial charge in [0.25, 0.3) is 0 Å². The van der Waals surface area contributed by atoms with Gasteiger partial charge in [0.15, 0.2) is 5.82 Å². The number of anilines is 1. The smallest absolute Gasteiger partial charge is 0.413 e. The van der Waals surface area contributed by atoms with Crippen LogP contribution in [-0.2, 0) is 4.74 Å². The Labute approximate surface area is 122 Å². The predicted octanol–water partition coefficient (Wildman–Crippen LogP) is 3.18. The molecule has 0 fully saturated rings. The highest BCUT2D eigenvalue weighted by Crippen LogP contribution is 2.25. The Bertz CT molecular complexity index is 661. The van der Waals surface area contributed by atoms with Crippen molar-refractivity contribution in [1.82, 2.24) is 9.97 Å². The maximum absolute atomic E-state index is 13.9. The third-order valence-electron chi connectivity index (χ3n) is 3.01. The highest BCUT2D eigenvalue weighted by Gasteiger charge is 2.16. The molecule has 0 bridgehead atoms. The van der Waals surface area contributed by atoms with Crippen LogP contribution in [0.4, 0.5) is 14.9 Å². The second-order valence-electron chi connectivity index (χ2n) is 4.38. The van der Waals surface area contributed by atoms with Crippen molar-refractivity contribution in [2.24, 2.45) is 0 Å². The summed E-state index contributed by atoms with van der Waals surface area (Å²) in [5.74, 6) is -0.0176. The second-order valence-corrected chi connectivity index (χ2v) is 4.38. The van der Waals surface area contributed by atoms with Crippen LogP contribution in [0.3, 0.4) is 0 Å². The molecule has 110 valence electrons. The van der Waals surface area contributed by atoms with E-state index in [4.69, 9.17) is 4.74 Å². The van der Waals surface area contributed by atoms with Crippen LogP contribution in [0.2, 0.25) is 0 Å². The van der Waals surface area contributed by atoms with Crippen molar-refractivity contribution in [3.63, 3.8) is 0 Å². The van der Waals surface area contributed by atoms with Gasteiger partial charge in [-0.25, -0.2) is 19.2 Å².